The summed E-state index contributed by atoms with van der Waals surface area (Å²) in [7, 11) is -3.57. The standard InChI is InChI=1S/C28H35N3O5S2/c1-3-35-27(32)22-10-8-21(9-11-22)19-37-28-29-25-16-24(38(33,34)30-14-4-6-20(2)17-30)12-13-26(25)31(28)18-23-7-5-15-36-23/h8-13,16,20,23H,3-7,14-15,17-19H2,1-2H3/t20-,23+/m0/s1. The highest BCUT2D eigenvalue weighted by Gasteiger charge is 2.29. The first-order valence-corrected chi connectivity index (χ1v) is 15.8. The van der Waals surface area contributed by atoms with Gasteiger partial charge in [0.15, 0.2) is 5.16 Å². The minimum absolute atomic E-state index is 0.119. The third-order valence-electron chi connectivity index (χ3n) is 7.19. The zero-order valence-corrected chi connectivity index (χ0v) is 23.6. The predicted octanol–water partition coefficient (Wildman–Crippen LogP) is 5.10. The van der Waals surface area contributed by atoms with Crippen LogP contribution in [0.1, 0.15) is 55.5 Å². The molecule has 5 rings (SSSR count). The maximum Gasteiger partial charge on any atom is 0.338 e. The van der Waals surface area contributed by atoms with Gasteiger partial charge in [-0.1, -0.05) is 30.8 Å². The van der Waals surface area contributed by atoms with E-state index in [1.165, 1.54) is 0 Å². The second-order valence-corrected chi connectivity index (χ2v) is 13.0. The summed E-state index contributed by atoms with van der Waals surface area (Å²) < 4.78 is 41.6. The van der Waals surface area contributed by atoms with Gasteiger partial charge < -0.3 is 14.0 Å². The van der Waals surface area contributed by atoms with Crippen LogP contribution in [0.25, 0.3) is 11.0 Å². The lowest BCUT2D eigenvalue weighted by Gasteiger charge is -2.30. The molecule has 3 heterocycles. The monoisotopic (exact) mass is 557 g/mol. The first-order valence-electron chi connectivity index (χ1n) is 13.4. The van der Waals surface area contributed by atoms with Crippen LogP contribution in [0.3, 0.4) is 0 Å². The van der Waals surface area contributed by atoms with Crippen LogP contribution in [0.15, 0.2) is 52.5 Å². The number of thioether (sulfide) groups is 1. The molecule has 0 amide bonds. The van der Waals surface area contributed by atoms with Gasteiger partial charge in [0.05, 0.1) is 40.7 Å². The lowest BCUT2D eigenvalue weighted by atomic mass is 10.0. The summed E-state index contributed by atoms with van der Waals surface area (Å²) in [5.74, 6) is 0.700. The average molecular weight is 558 g/mol. The summed E-state index contributed by atoms with van der Waals surface area (Å²) in [5.41, 5.74) is 3.17. The Kier molecular flexibility index (Phi) is 8.42. The van der Waals surface area contributed by atoms with Crippen LogP contribution >= 0.6 is 11.8 Å². The van der Waals surface area contributed by atoms with Gasteiger partial charge in [0, 0.05) is 25.4 Å². The molecular weight excluding hydrogens is 522 g/mol. The number of carbonyl (C=O) groups excluding carboxylic acids is 1. The molecule has 0 radical (unpaired) electrons. The average Bonchev–Trinajstić information content (AvgIpc) is 3.56. The Hall–Kier alpha value is -2.40. The van der Waals surface area contributed by atoms with Crippen molar-refractivity contribution in [2.75, 3.05) is 26.3 Å². The van der Waals surface area contributed by atoms with Gasteiger partial charge in [-0.25, -0.2) is 18.2 Å². The van der Waals surface area contributed by atoms with Gasteiger partial charge >= 0.3 is 5.97 Å². The lowest BCUT2D eigenvalue weighted by molar-refractivity contribution is 0.0526. The molecule has 0 bridgehead atoms. The summed E-state index contributed by atoms with van der Waals surface area (Å²) in [4.78, 5) is 17.1. The van der Waals surface area contributed by atoms with E-state index in [0.29, 0.717) is 53.9 Å². The molecular formula is C28H35N3O5S2. The number of imidazole rings is 1. The minimum Gasteiger partial charge on any atom is -0.462 e. The lowest BCUT2D eigenvalue weighted by Crippen LogP contribution is -2.39. The zero-order valence-electron chi connectivity index (χ0n) is 22.0. The number of aromatic nitrogens is 2. The third kappa shape index (κ3) is 5.93. The normalized spacial score (nSPS) is 20.7. The van der Waals surface area contributed by atoms with Crippen LogP contribution < -0.4 is 0 Å². The van der Waals surface area contributed by atoms with Crippen LogP contribution in [0.5, 0.6) is 0 Å². The fourth-order valence-electron chi connectivity index (χ4n) is 5.14. The SMILES string of the molecule is CCOC(=O)c1ccc(CSc2nc3cc(S(=O)(=O)N4CCC[C@H](C)C4)ccc3n2C[C@H]2CCCO2)cc1. The van der Waals surface area contributed by atoms with Crippen molar-refractivity contribution in [3.63, 3.8) is 0 Å². The van der Waals surface area contributed by atoms with E-state index in [1.807, 2.05) is 18.2 Å². The quantitative estimate of drug-likeness (QED) is 0.267. The van der Waals surface area contributed by atoms with Gasteiger partial charge in [0.2, 0.25) is 10.0 Å². The van der Waals surface area contributed by atoms with E-state index in [2.05, 4.69) is 11.5 Å². The molecule has 8 nitrogen and oxygen atoms in total. The molecule has 2 aliphatic rings. The van der Waals surface area contributed by atoms with Gasteiger partial charge in [0.1, 0.15) is 0 Å². The topological polar surface area (TPSA) is 90.7 Å². The Balaban J connectivity index is 1.41. The number of sulfonamides is 1. The highest BCUT2D eigenvalue weighted by molar-refractivity contribution is 7.98. The molecule has 2 fully saturated rings. The highest BCUT2D eigenvalue weighted by Crippen LogP contribution is 2.31. The summed E-state index contributed by atoms with van der Waals surface area (Å²) in [6.45, 7) is 6.80. The molecule has 0 N–H and O–H groups in total. The number of benzene rings is 2. The second-order valence-electron chi connectivity index (χ2n) is 10.1. The molecule has 38 heavy (non-hydrogen) atoms. The van der Waals surface area contributed by atoms with Crippen molar-refractivity contribution in [3.05, 3.63) is 53.6 Å². The number of ether oxygens (including phenoxy) is 2. The number of rotatable bonds is 9. The number of nitrogens with zero attached hydrogens (tertiary/aromatic N) is 3. The van der Waals surface area contributed by atoms with E-state index in [4.69, 9.17) is 14.5 Å². The van der Waals surface area contributed by atoms with Crippen LogP contribution in [-0.4, -0.2) is 60.7 Å². The van der Waals surface area contributed by atoms with Crippen molar-refractivity contribution in [2.45, 2.75) is 68.0 Å². The molecule has 2 saturated heterocycles. The number of carbonyl (C=O) groups is 1. The van der Waals surface area contributed by atoms with Crippen molar-refractivity contribution in [2.24, 2.45) is 5.92 Å². The van der Waals surface area contributed by atoms with E-state index in [0.717, 1.165) is 48.5 Å². The smallest absolute Gasteiger partial charge is 0.338 e. The second kappa shape index (κ2) is 11.8. The summed E-state index contributed by atoms with van der Waals surface area (Å²) in [5, 5.41) is 0.825. The highest BCUT2D eigenvalue weighted by atomic mass is 32.2. The minimum atomic E-state index is -3.57. The molecule has 2 aliphatic heterocycles. The van der Waals surface area contributed by atoms with Crippen molar-refractivity contribution in [3.8, 4) is 0 Å². The first kappa shape index (κ1) is 27.2. The first-order chi connectivity index (χ1) is 18.3. The largest absolute Gasteiger partial charge is 0.462 e. The van der Waals surface area contributed by atoms with Gasteiger partial charge in [-0.2, -0.15) is 4.31 Å². The Bertz CT molecular complexity index is 1380. The fraction of sp³-hybridized carbons (Fsp3) is 0.500. The number of esters is 1. The van der Waals surface area contributed by atoms with E-state index in [1.54, 1.807) is 47.3 Å². The fourth-order valence-corrected chi connectivity index (χ4v) is 7.74. The van der Waals surface area contributed by atoms with Gasteiger partial charge in [-0.3, -0.25) is 0 Å². The van der Waals surface area contributed by atoms with Crippen molar-refractivity contribution >= 4 is 38.8 Å². The Morgan fingerprint density at radius 2 is 1.97 bits per heavy atom. The Morgan fingerprint density at radius 1 is 1.16 bits per heavy atom. The van der Waals surface area contributed by atoms with Gasteiger partial charge in [-0.15, -0.1) is 0 Å². The number of hydrogen-bond acceptors (Lipinski definition) is 7. The number of piperidine rings is 1. The number of hydrogen-bond donors (Lipinski definition) is 0. The Morgan fingerprint density at radius 3 is 2.68 bits per heavy atom. The van der Waals surface area contributed by atoms with Crippen molar-refractivity contribution in [1.82, 2.24) is 13.9 Å². The molecule has 204 valence electrons. The Labute approximate surface area is 228 Å². The maximum atomic E-state index is 13.4. The third-order valence-corrected chi connectivity index (χ3v) is 10.1. The van der Waals surface area contributed by atoms with Crippen LogP contribution in [0.2, 0.25) is 0 Å². The summed E-state index contributed by atoms with van der Waals surface area (Å²) in [6, 6.07) is 12.7. The summed E-state index contributed by atoms with van der Waals surface area (Å²) >= 11 is 1.60. The van der Waals surface area contributed by atoms with E-state index < -0.39 is 10.0 Å². The van der Waals surface area contributed by atoms with Crippen molar-refractivity contribution < 1.29 is 22.7 Å². The van der Waals surface area contributed by atoms with E-state index >= 15 is 0 Å². The molecule has 3 aromatic rings. The molecule has 0 aliphatic carbocycles. The van der Waals surface area contributed by atoms with Crippen LogP contribution in [0.4, 0.5) is 0 Å². The zero-order chi connectivity index (χ0) is 26.7. The number of fused-ring (bicyclic) bond motifs is 1. The van der Waals surface area contributed by atoms with Crippen LogP contribution in [-0.2, 0) is 31.8 Å². The molecule has 0 unspecified atom stereocenters. The molecule has 2 aromatic carbocycles. The van der Waals surface area contributed by atoms with Crippen molar-refractivity contribution in [1.29, 1.82) is 0 Å². The molecule has 0 saturated carbocycles. The van der Waals surface area contributed by atoms with E-state index in [-0.39, 0.29) is 12.1 Å². The maximum absolute atomic E-state index is 13.4. The molecule has 0 spiro atoms. The van der Waals surface area contributed by atoms with Gasteiger partial charge in [0.25, 0.3) is 0 Å². The molecule has 2 atom stereocenters. The summed E-state index contributed by atoms with van der Waals surface area (Å²) in [6.07, 6.45) is 4.11. The van der Waals surface area contributed by atoms with Gasteiger partial charge in [-0.05, 0) is 74.4 Å². The molecule has 1 aromatic heterocycles. The van der Waals surface area contributed by atoms with Crippen LogP contribution in [0, 0.1) is 5.92 Å². The predicted molar refractivity (Wildman–Crippen MR) is 148 cm³/mol. The molecule has 10 heteroatoms. The van der Waals surface area contributed by atoms with E-state index in [9.17, 15) is 13.2 Å².